The van der Waals surface area contributed by atoms with Gasteiger partial charge in [0.15, 0.2) is 17.1 Å². The lowest BCUT2D eigenvalue weighted by atomic mass is 9.95. The first-order valence-electron chi connectivity index (χ1n) is 10.2. The monoisotopic (exact) mass is 419 g/mol. The summed E-state index contributed by atoms with van der Waals surface area (Å²) in [6.07, 6.45) is 4.27. The Bertz CT molecular complexity index is 1130. The highest BCUT2D eigenvalue weighted by molar-refractivity contribution is 5.94. The van der Waals surface area contributed by atoms with Crippen molar-refractivity contribution in [3.63, 3.8) is 0 Å². The van der Waals surface area contributed by atoms with E-state index in [1.807, 2.05) is 24.3 Å². The van der Waals surface area contributed by atoms with Crippen molar-refractivity contribution in [2.75, 3.05) is 25.2 Å². The zero-order chi connectivity index (χ0) is 21.2. The van der Waals surface area contributed by atoms with Crippen molar-refractivity contribution in [3.8, 4) is 11.5 Å². The van der Waals surface area contributed by atoms with Crippen molar-refractivity contribution in [1.29, 1.82) is 0 Å². The molecule has 2 aliphatic rings. The summed E-state index contributed by atoms with van der Waals surface area (Å²) in [6.45, 7) is 1.24. The number of likely N-dealkylation sites (tertiary alicyclic amines) is 1. The summed E-state index contributed by atoms with van der Waals surface area (Å²) in [6, 6.07) is 12.8. The topological polar surface area (TPSA) is 93.9 Å². The molecule has 8 nitrogen and oxygen atoms in total. The van der Waals surface area contributed by atoms with Crippen LogP contribution >= 0.6 is 0 Å². The van der Waals surface area contributed by atoms with E-state index in [1.165, 1.54) is 6.08 Å². The number of hydrogen-bond acceptors (Lipinski definition) is 6. The molecule has 1 N–H and O–H groups in total. The molecule has 0 saturated carbocycles. The third-order valence-corrected chi connectivity index (χ3v) is 5.50. The zero-order valence-electron chi connectivity index (χ0n) is 16.7. The highest BCUT2D eigenvalue weighted by atomic mass is 16.7. The third-order valence-electron chi connectivity index (χ3n) is 5.50. The Kier molecular flexibility index (Phi) is 5.03. The number of carbonyl (C=O) groups excluding carboxylic acids is 2. The van der Waals surface area contributed by atoms with Crippen molar-refractivity contribution < 1.29 is 23.5 Å². The largest absolute Gasteiger partial charge is 0.454 e. The number of aromatic nitrogens is 1. The molecule has 31 heavy (non-hydrogen) atoms. The SMILES string of the molecule is O=C(Nc1ccc2c(c1)OCO2)C1CCN(C(=O)C=Cc2nc3ccccc3o2)CC1. The van der Waals surface area contributed by atoms with Gasteiger partial charge in [0.25, 0.3) is 0 Å². The minimum atomic E-state index is -0.143. The smallest absolute Gasteiger partial charge is 0.246 e. The molecule has 3 heterocycles. The standard InChI is InChI=1S/C23H21N3O5/c27-22(8-7-21-25-17-3-1-2-4-18(17)31-21)26-11-9-15(10-12-26)23(28)24-16-5-6-19-20(13-16)30-14-29-19/h1-8,13,15H,9-12,14H2,(H,24,28). The van der Waals surface area contributed by atoms with Gasteiger partial charge in [-0.2, -0.15) is 0 Å². The van der Waals surface area contributed by atoms with Crippen LogP contribution in [0.2, 0.25) is 0 Å². The van der Waals surface area contributed by atoms with Gasteiger partial charge in [-0.15, -0.1) is 0 Å². The van der Waals surface area contributed by atoms with E-state index in [0.29, 0.717) is 54.6 Å². The number of amides is 2. The van der Waals surface area contributed by atoms with E-state index in [9.17, 15) is 9.59 Å². The van der Waals surface area contributed by atoms with E-state index in [0.717, 1.165) is 5.52 Å². The number of ether oxygens (including phenoxy) is 2. The van der Waals surface area contributed by atoms with Gasteiger partial charge in [0.05, 0.1) is 0 Å². The Morgan fingerprint density at radius 1 is 1.06 bits per heavy atom. The minimum Gasteiger partial charge on any atom is -0.454 e. The van der Waals surface area contributed by atoms with E-state index in [4.69, 9.17) is 13.9 Å². The molecular weight excluding hydrogens is 398 g/mol. The van der Waals surface area contributed by atoms with Crippen LogP contribution in [0.15, 0.2) is 53.0 Å². The van der Waals surface area contributed by atoms with Crippen molar-refractivity contribution in [1.82, 2.24) is 9.88 Å². The number of benzene rings is 2. The third kappa shape index (κ3) is 4.09. The Morgan fingerprint density at radius 2 is 1.87 bits per heavy atom. The number of nitrogens with zero attached hydrogens (tertiary/aromatic N) is 2. The van der Waals surface area contributed by atoms with Gasteiger partial charge in [0, 0.05) is 42.9 Å². The highest BCUT2D eigenvalue weighted by Gasteiger charge is 2.27. The number of carbonyl (C=O) groups is 2. The molecule has 0 atom stereocenters. The van der Waals surface area contributed by atoms with Crippen molar-refractivity contribution in [2.24, 2.45) is 5.92 Å². The Labute approximate surface area is 178 Å². The second-order valence-electron chi connectivity index (χ2n) is 7.51. The van der Waals surface area contributed by atoms with Crippen LogP contribution in [0.25, 0.3) is 17.2 Å². The molecule has 0 unspecified atom stereocenters. The van der Waals surface area contributed by atoms with Gasteiger partial charge in [0.2, 0.25) is 24.5 Å². The van der Waals surface area contributed by atoms with E-state index in [-0.39, 0.29) is 24.5 Å². The predicted molar refractivity (Wildman–Crippen MR) is 114 cm³/mol. The van der Waals surface area contributed by atoms with Crippen LogP contribution < -0.4 is 14.8 Å². The summed E-state index contributed by atoms with van der Waals surface area (Å²) >= 11 is 0. The maximum absolute atomic E-state index is 12.6. The molecule has 2 aliphatic heterocycles. The molecule has 0 bridgehead atoms. The summed E-state index contributed by atoms with van der Waals surface area (Å²) in [4.78, 5) is 31.2. The summed E-state index contributed by atoms with van der Waals surface area (Å²) < 4.78 is 16.2. The molecule has 1 saturated heterocycles. The number of oxazole rings is 1. The molecule has 0 aliphatic carbocycles. The van der Waals surface area contributed by atoms with Gasteiger partial charge in [-0.05, 0) is 37.1 Å². The fourth-order valence-corrected chi connectivity index (χ4v) is 3.79. The molecule has 5 rings (SSSR count). The van der Waals surface area contributed by atoms with Crippen LogP contribution in [0.5, 0.6) is 11.5 Å². The first kappa shape index (κ1) is 19.2. The van der Waals surface area contributed by atoms with Crippen LogP contribution in [0.4, 0.5) is 5.69 Å². The van der Waals surface area contributed by atoms with Crippen LogP contribution in [0.1, 0.15) is 18.7 Å². The number of para-hydroxylation sites is 2. The van der Waals surface area contributed by atoms with Crippen LogP contribution in [0.3, 0.4) is 0 Å². The lowest BCUT2D eigenvalue weighted by Crippen LogP contribution is -2.40. The van der Waals surface area contributed by atoms with Crippen molar-refractivity contribution in [2.45, 2.75) is 12.8 Å². The summed E-state index contributed by atoms with van der Waals surface area (Å²) in [5.74, 6) is 1.40. The summed E-state index contributed by atoms with van der Waals surface area (Å²) in [7, 11) is 0. The first-order chi connectivity index (χ1) is 15.2. The van der Waals surface area contributed by atoms with Crippen LogP contribution in [-0.2, 0) is 9.59 Å². The molecule has 0 spiro atoms. The second-order valence-corrected chi connectivity index (χ2v) is 7.51. The lowest BCUT2D eigenvalue weighted by molar-refractivity contribution is -0.130. The van der Waals surface area contributed by atoms with E-state index >= 15 is 0 Å². The highest BCUT2D eigenvalue weighted by Crippen LogP contribution is 2.34. The molecule has 158 valence electrons. The van der Waals surface area contributed by atoms with Gasteiger partial charge in [-0.3, -0.25) is 9.59 Å². The summed E-state index contributed by atoms with van der Waals surface area (Å²) in [5, 5.41) is 2.93. The molecule has 3 aromatic rings. The fourth-order valence-electron chi connectivity index (χ4n) is 3.79. The Balaban J connectivity index is 1.14. The van der Waals surface area contributed by atoms with E-state index < -0.39 is 0 Å². The number of rotatable bonds is 4. The lowest BCUT2D eigenvalue weighted by Gasteiger charge is -2.30. The average molecular weight is 419 g/mol. The Morgan fingerprint density at radius 3 is 2.71 bits per heavy atom. The quantitative estimate of drug-likeness (QED) is 0.651. The fraction of sp³-hybridized carbons (Fsp3) is 0.261. The molecule has 2 amide bonds. The predicted octanol–water partition coefficient (Wildman–Crippen LogP) is 3.45. The maximum atomic E-state index is 12.6. The second kappa shape index (κ2) is 8.14. The minimum absolute atomic E-state index is 0.0482. The maximum Gasteiger partial charge on any atom is 0.246 e. The molecular formula is C23H21N3O5. The molecule has 8 heteroatoms. The molecule has 2 aromatic carbocycles. The van der Waals surface area contributed by atoms with Crippen LogP contribution in [0, 0.1) is 5.92 Å². The number of fused-ring (bicyclic) bond motifs is 2. The molecule has 0 radical (unpaired) electrons. The van der Waals surface area contributed by atoms with Gasteiger partial charge in [0.1, 0.15) is 5.52 Å². The Hall–Kier alpha value is -3.81. The van der Waals surface area contributed by atoms with Gasteiger partial charge in [-0.1, -0.05) is 12.1 Å². The zero-order valence-corrected chi connectivity index (χ0v) is 16.7. The number of anilines is 1. The number of hydrogen-bond donors (Lipinski definition) is 1. The van der Waals surface area contributed by atoms with Gasteiger partial charge >= 0.3 is 0 Å². The van der Waals surface area contributed by atoms with Gasteiger partial charge in [-0.25, -0.2) is 4.98 Å². The van der Waals surface area contributed by atoms with Crippen molar-refractivity contribution in [3.05, 3.63) is 54.4 Å². The van der Waals surface area contributed by atoms with E-state index in [1.54, 1.807) is 29.2 Å². The molecule has 1 aromatic heterocycles. The van der Waals surface area contributed by atoms with E-state index in [2.05, 4.69) is 10.3 Å². The number of piperidine rings is 1. The summed E-state index contributed by atoms with van der Waals surface area (Å²) in [5.41, 5.74) is 2.11. The normalized spacial score (nSPS) is 16.2. The van der Waals surface area contributed by atoms with Gasteiger partial charge < -0.3 is 24.1 Å². The molecule has 1 fully saturated rings. The first-order valence-corrected chi connectivity index (χ1v) is 10.2. The van der Waals surface area contributed by atoms with Crippen LogP contribution in [-0.4, -0.2) is 41.6 Å². The average Bonchev–Trinajstić information content (AvgIpc) is 3.43. The number of nitrogens with one attached hydrogen (secondary N) is 1. The van der Waals surface area contributed by atoms with Crippen molar-refractivity contribution >= 4 is 34.7 Å².